The highest BCUT2D eigenvalue weighted by molar-refractivity contribution is 7.80. The zero-order valence-corrected chi connectivity index (χ0v) is 20.0. The number of allylic oxidation sites excluding steroid dienone is 1. The summed E-state index contributed by atoms with van der Waals surface area (Å²) in [6, 6.07) is 21.2. The van der Waals surface area contributed by atoms with E-state index in [1.54, 1.807) is 12.1 Å². The highest BCUT2D eigenvalue weighted by Gasteiger charge is 2.35. The maximum Gasteiger partial charge on any atom is 0.258 e. The van der Waals surface area contributed by atoms with Crippen molar-refractivity contribution in [2.24, 2.45) is 0 Å². The van der Waals surface area contributed by atoms with Gasteiger partial charge in [0.2, 0.25) is 5.82 Å². The number of nitrogens with zero attached hydrogens (tertiary/aromatic N) is 3. The topological polar surface area (TPSA) is 54.2 Å². The van der Waals surface area contributed by atoms with Crippen LogP contribution in [0.2, 0.25) is 5.02 Å². The summed E-state index contributed by atoms with van der Waals surface area (Å²) in [4.78, 5) is 6.61. The number of thiocarbonyl (C=S) groups is 1. The molecule has 170 valence electrons. The Balaban J connectivity index is 1.66. The fraction of sp³-hybridized carbons (Fsp3) is 0.115. The van der Waals surface area contributed by atoms with E-state index in [0.29, 0.717) is 21.9 Å². The Morgan fingerprint density at radius 2 is 1.76 bits per heavy atom. The third-order valence-electron chi connectivity index (χ3n) is 5.78. The van der Waals surface area contributed by atoms with Crippen LogP contribution in [0.15, 0.2) is 83.0 Å². The summed E-state index contributed by atoms with van der Waals surface area (Å²) in [6.07, 6.45) is 0. The molecule has 5 rings (SSSR count). The minimum absolute atomic E-state index is 0.313. The van der Waals surface area contributed by atoms with Gasteiger partial charge in [-0.05, 0) is 67.5 Å². The van der Waals surface area contributed by atoms with Crippen molar-refractivity contribution >= 4 is 40.2 Å². The van der Waals surface area contributed by atoms with Crippen molar-refractivity contribution in [1.82, 2.24) is 15.5 Å². The second kappa shape index (κ2) is 9.00. The van der Waals surface area contributed by atoms with Crippen molar-refractivity contribution in [1.29, 1.82) is 0 Å². The number of anilines is 1. The number of aromatic nitrogens is 2. The lowest BCUT2D eigenvalue weighted by Crippen LogP contribution is -2.46. The molecule has 0 saturated heterocycles. The van der Waals surface area contributed by atoms with Crippen LogP contribution in [0.1, 0.15) is 30.0 Å². The monoisotopic (exact) mass is 490 g/mol. The molecular weight excluding hydrogens is 471 g/mol. The van der Waals surface area contributed by atoms with E-state index in [2.05, 4.69) is 10.5 Å². The van der Waals surface area contributed by atoms with Crippen LogP contribution in [-0.2, 0) is 0 Å². The van der Waals surface area contributed by atoms with E-state index >= 15 is 0 Å². The van der Waals surface area contributed by atoms with E-state index in [0.717, 1.165) is 33.6 Å². The van der Waals surface area contributed by atoms with Crippen LogP contribution in [-0.4, -0.2) is 15.3 Å². The molecule has 0 amide bonds. The summed E-state index contributed by atoms with van der Waals surface area (Å²) < 4.78 is 19.4. The predicted octanol–water partition coefficient (Wildman–Crippen LogP) is 6.70. The van der Waals surface area contributed by atoms with Crippen LogP contribution >= 0.6 is 23.8 Å². The zero-order chi connectivity index (χ0) is 23.8. The minimum Gasteiger partial charge on any atom is -0.351 e. The Bertz CT molecular complexity index is 1400. The molecule has 0 spiro atoms. The fourth-order valence-electron chi connectivity index (χ4n) is 4.04. The summed E-state index contributed by atoms with van der Waals surface area (Å²) in [6.45, 7) is 3.90. The second-order valence-corrected chi connectivity index (χ2v) is 8.79. The molecule has 4 aromatic rings. The molecule has 1 unspecified atom stereocenters. The van der Waals surface area contributed by atoms with Gasteiger partial charge in [0.25, 0.3) is 5.89 Å². The second-order valence-electron chi connectivity index (χ2n) is 7.99. The Labute approximate surface area is 206 Å². The van der Waals surface area contributed by atoms with E-state index in [-0.39, 0.29) is 5.82 Å². The van der Waals surface area contributed by atoms with Gasteiger partial charge in [-0.1, -0.05) is 59.2 Å². The molecule has 5 nitrogen and oxygen atoms in total. The lowest BCUT2D eigenvalue weighted by Gasteiger charge is -2.37. The van der Waals surface area contributed by atoms with Gasteiger partial charge in [-0.2, -0.15) is 4.98 Å². The lowest BCUT2D eigenvalue weighted by atomic mass is 9.94. The van der Waals surface area contributed by atoms with Gasteiger partial charge in [0.1, 0.15) is 5.82 Å². The lowest BCUT2D eigenvalue weighted by molar-refractivity contribution is 0.404. The Morgan fingerprint density at radius 1 is 1.03 bits per heavy atom. The van der Waals surface area contributed by atoms with E-state index in [1.807, 2.05) is 67.3 Å². The van der Waals surface area contributed by atoms with Gasteiger partial charge in [0, 0.05) is 22.0 Å². The van der Waals surface area contributed by atoms with Crippen molar-refractivity contribution in [2.75, 3.05) is 4.90 Å². The number of nitrogens with one attached hydrogen (secondary N) is 1. The first-order chi connectivity index (χ1) is 16.4. The Hall–Kier alpha value is -3.55. The van der Waals surface area contributed by atoms with E-state index < -0.39 is 6.04 Å². The number of hydrogen-bond acceptors (Lipinski definition) is 4. The first-order valence-electron chi connectivity index (χ1n) is 10.6. The van der Waals surface area contributed by atoms with Gasteiger partial charge in [0.15, 0.2) is 5.11 Å². The summed E-state index contributed by atoms with van der Waals surface area (Å²) in [5, 5.41) is 8.76. The molecule has 1 aromatic heterocycles. The Morgan fingerprint density at radius 3 is 2.47 bits per heavy atom. The van der Waals surface area contributed by atoms with Gasteiger partial charge in [-0.3, -0.25) is 4.90 Å². The van der Waals surface area contributed by atoms with Gasteiger partial charge in [0.05, 0.1) is 11.6 Å². The number of aryl methyl sites for hydroxylation is 1. The number of halogens is 2. The van der Waals surface area contributed by atoms with E-state index in [1.165, 1.54) is 12.1 Å². The van der Waals surface area contributed by atoms with Crippen LogP contribution < -0.4 is 10.2 Å². The molecule has 8 heteroatoms. The molecule has 3 aromatic carbocycles. The van der Waals surface area contributed by atoms with E-state index in [4.69, 9.17) is 33.3 Å². The average Bonchev–Trinajstić information content (AvgIpc) is 3.32. The number of benzene rings is 3. The van der Waals surface area contributed by atoms with Crippen LogP contribution in [0.25, 0.3) is 17.0 Å². The van der Waals surface area contributed by atoms with Crippen molar-refractivity contribution in [3.8, 4) is 11.4 Å². The Kier molecular flexibility index (Phi) is 5.89. The fourth-order valence-corrected chi connectivity index (χ4v) is 4.52. The van der Waals surface area contributed by atoms with E-state index in [9.17, 15) is 4.39 Å². The maximum absolute atomic E-state index is 13.7. The van der Waals surface area contributed by atoms with Crippen LogP contribution in [0.4, 0.5) is 10.1 Å². The third-order valence-corrected chi connectivity index (χ3v) is 6.50. The number of rotatable bonds is 4. The summed E-state index contributed by atoms with van der Waals surface area (Å²) in [5.74, 6) is 0.527. The molecular formula is C26H20ClFN4OS. The van der Waals surface area contributed by atoms with Crippen molar-refractivity contribution in [3.63, 3.8) is 0 Å². The van der Waals surface area contributed by atoms with Gasteiger partial charge in [-0.25, -0.2) is 4.39 Å². The van der Waals surface area contributed by atoms with Gasteiger partial charge >= 0.3 is 0 Å². The highest BCUT2D eigenvalue weighted by atomic mass is 35.5. The summed E-state index contributed by atoms with van der Waals surface area (Å²) >= 11 is 12.0. The predicted molar refractivity (Wildman–Crippen MR) is 136 cm³/mol. The first-order valence-corrected chi connectivity index (χ1v) is 11.4. The number of hydrogen-bond donors (Lipinski definition) is 1. The molecule has 0 radical (unpaired) electrons. The standard InChI is InChI=1S/C26H20ClFN4OS/c1-15-14-20(12-13-21(15)27)32-16(2)22(23(29-26(32)34)17-8-10-19(28)11-9-17)25-30-24(31-33-25)18-6-4-3-5-7-18/h3-14,23H,1-2H3,(H,29,34). The molecule has 2 heterocycles. The molecule has 34 heavy (non-hydrogen) atoms. The molecule has 1 aliphatic rings. The van der Waals surface area contributed by atoms with Gasteiger partial charge in [-0.15, -0.1) is 0 Å². The van der Waals surface area contributed by atoms with Crippen molar-refractivity contribution in [2.45, 2.75) is 19.9 Å². The average molecular weight is 491 g/mol. The van der Waals surface area contributed by atoms with Crippen LogP contribution in [0, 0.1) is 12.7 Å². The molecule has 1 atom stereocenters. The first kappa shape index (κ1) is 22.3. The molecule has 0 bridgehead atoms. The SMILES string of the molecule is CC1=C(c2nc(-c3ccccc3)no2)C(c2ccc(F)cc2)NC(=S)N1c1ccc(Cl)c(C)c1. The third kappa shape index (κ3) is 4.08. The normalized spacial score (nSPS) is 16.1. The highest BCUT2D eigenvalue weighted by Crippen LogP contribution is 2.39. The summed E-state index contributed by atoms with van der Waals surface area (Å²) in [5.41, 5.74) is 5.03. The molecule has 0 aliphatic carbocycles. The van der Waals surface area contributed by atoms with Gasteiger partial charge < -0.3 is 9.84 Å². The molecule has 0 fully saturated rings. The maximum atomic E-state index is 13.7. The molecule has 1 N–H and O–H groups in total. The quantitative estimate of drug-likeness (QED) is 0.321. The largest absolute Gasteiger partial charge is 0.351 e. The van der Waals surface area contributed by atoms with Crippen molar-refractivity contribution in [3.05, 3.63) is 106 Å². The zero-order valence-electron chi connectivity index (χ0n) is 18.4. The molecule has 0 saturated carbocycles. The van der Waals surface area contributed by atoms with Crippen LogP contribution in [0.5, 0.6) is 0 Å². The van der Waals surface area contributed by atoms with Crippen LogP contribution in [0.3, 0.4) is 0 Å². The minimum atomic E-state index is -0.401. The molecule has 1 aliphatic heterocycles. The summed E-state index contributed by atoms with van der Waals surface area (Å²) in [7, 11) is 0. The smallest absolute Gasteiger partial charge is 0.258 e. The van der Waals surface area contributed by atoms with Crippen molar-refractivity contribution < 1.29 is 8.91 Å².